The highest BCUT2D eigenvalue weighted by atomic mass is 16.3. The summed E-state index contributed by atoms with van der Waals surface area (Å²) in [6.07, 6.45) is 0. The van der Waals surface area contributed by atoms with E-state index in [0.29, 0.717) is 17.5 Å². The predicted octanol–water partition coefficient (Wildman–Crippen LogP) is 11.1. The average molecular weight is 638 g/mol. The number of aromatic nitrogens is 3. The van der Waals surface area contributed by atoms with Gasteiger partial charge in [0, 0.05) is 21.9 Å². The number of benzene rings is 7. The normalized spacial score (nSPS) is 13.4. The van der Waals surface area contributed by atoms with Crippen molar-refractivity contribution in [2.45, 2.75) is 5.41 Å². The van der Waals surface area contributed by atoms with Crippen molar-refractivity contribution >= 4 is 21.9 Å². The van der Waals surface area contributed by atoms with Gasteiger partial charge in [-0.3, -0.25) is 0 Å². The zero-order valence-electron chi connectivity index (χ0n) is 26.8. The Labute approximate surface area is 288 Å². The minimum atomic E-state index is -0.530. The SMILES string of the molecule is c1ccc(-c2nc(-c3ccccc3)nc(-c3cc4c(c5c3oc3ccccc35)-c3ccccc3C43c4ccccc4-c4ccccc43)n2)cc1. The van der Waals surface area contributed by atoms with Crippen LogP contribution in [0.2, 0.25) is 0 Å². The number of hydrogen-bond acceptors (Lipinski definition) is 4. The van der Waals surface area contributed by atoms with E-state index in [1.54, 1.807) is 0 Å². The summed E-state index contributed by atoms with van der Waals surface area (Å²) in [6.45, 7) is 0. The lowest BCUT2D eigenvalue weighted by molar-refractivity contribution is 0.669. The van der Waals surface area contributed by atoms with E-state index in [1.807, 2.05) is 66.7 Å². The molecule has 7 aromatic carbocycles. The zero-order valence-corrected chi connectivity index (χ0v) is 26.8. The maximum atomic E-state index is 6.86. The van der Waals surface area contributed by atoms with E-state index in [4.69, 9.17) is 19.4 Å². The van der Waals surface area contributed by atoms with E-state index >= 15 is 0 Å². The summed E-state index contributed by atoms with van der Waals surface area (Å²) in [4.78, 5) is 15.4. The van der Waals surface area contributed by atoms with Gasteiger partial charge in [0.15, 0.2) is 17.5 Å². The molecule has 2 aromatic heterocycles. The first-order valence-corrected chi connectivity index (χ1v) is 17.0. The molecule has 2 aliphatic carbocycles. The summed E-state index contributed by atoms with van der Waals surface area (Å²) in [5, 5.41) is 2.16. The van der Waals surface area contributed by atoms with E-state index in [9.17, 15) is 0 Å². The lowest BCUT2D eigenvalue weighted by Crippen LogP contribution is -2.25. The van der Waals surface area contributed by atoms with Crippen LogP contribution in [0.1, 0.15) is 22.3 Å². The van der Waals surface area contributed by atoms with Crippen LogP contribution in [0.15, 0.2) is 168 Å². The molecule has 2 heterocycles. The molecule has 0 aliphatic heterocycles. The molecule has 0 amide bonds. The predicted molar refractivity (Wildman–Crippen MR) is 200 cm³/mol. The van der Waals surface area contributed by atoms with Crippen molar-refractivity contribution in [3.8, 4) is 56.4 Å². The molecule has 50 heavy (non-hydrogen) atoms. The molecule has 0 saturated carbocycles. The van der Waals surface area contributed by atoms with Gasteiger partial charge in [-0.25, -0.2) is 15.0 Å². The molecule has 0 radical (unpaired) electrons. The van der Waals surface area contributed by atoms with E-state index in [2.05, 4.69) is 97.1 Å². The third-order valence-corrected chi connectivity index (χ3v) is 10.5. The molecule has 11 rings (SSSR count). The van der Waals surface area contributed by atoms with Crippen LogP contribution in [0.3, 0.4) is 0 Å². The standard InChI is InChI=1S/C46H27N3O/c1-3-15-28(16-4-1)43-47-44(29-17-5-2-6-18-29)49-45(48-43)34-27-38-40(41-33-22-10-14-26-39(33)50-42(34)41)32-21-9-13-25-37(32)46(38)35-23-11-7-19-30(35)31-20-8-12-24-36(31)46/h1-27H. The summed E-state index contributed by atoms with van der Waals surface area (Å²) >= 11 is 0. The first-order valence-electron chi connectivity index (χ1n) is 17.0. The summed E-state index contributed by atoms with van der Waals surface area (Å²) < 4.78 is 6.86. The van der Waals surface area contributed by atoms with E-state index in [0.717, 1.165) is 38.6 Å². The number of hydrogen-bond donors (Lipinski definition) is 0. The van der Waals surface area contributed by atoms with E-state index < -0.39 is 5.41 Å². The van der Waals surface area contributed by atoms with Crippen molar-refractivity contribution < 1.29 is 4.42 Å². The fourth-order valence-electron chi connectivity index (χ4n) is 8.56. The minimum Gasteiger partial charge on any atom is -0.455 e. The third-order valence-electron chi connectivity index (χ3n) is 10.5. The second-order valence-electron chi connectivity index (χ2n) is 13.1. The van der Waals surface area contributed by atoms with Gasteiger partial charge in [0.25, 0.3) is 0 Å². The Balaban J connectivity index is 1.32. The molecule has 0 atom stereocenters. The van der Waals surface area contributed by atoms with Crippen molar-refractivity contribution in [3.05, 3.63) is 186 Å². The zero-order chi connectivity index (χ0) is 32.8. The molecule has 1 spiro atoms. The van der Waals surface area contributed by atoms with Gasteiger partial charge >= 0.3 is 0 Å². The van der Waals surface area contributed by atoms with Crippen LogP contribution in [0.5, 0.6) is 0 Å². The van der Waals surface area contributed by atoms with Crippen molar-refractivity contribution in [3.63, 3.8) is 0 Å². The Morgan fingerprint density at radius 1 is 0.400 bits per heavy atom. The molecule has 0 saturated heterocycles. The smallest absolute Gasteiger partial charge is 0.167 e. The van der Waals surface area contributed by atoms with Crippen LogP contribution in [0, 0.1) is 0 Å². The molecular weight excluding hydrogens is 611 g/mol. The van der Waals surface area contributed by atoms with E-state index in [-0.39, 0.29) is 0 Å². The van der Waals surface area contributed by atoms with Gasteiger partial charge in [0.2, 0.25) is 0 Å². The summed E-state index contributed by atoms with van der Waals surface area (Å²) in [5.41, 5.74) is 13.8. The Bertz CT molecular complexity index is 2720. The maximum Gasteiger partial charge on any atom is 0.167 e. The molecule has 9 aromatic rings. The lowest BCUT2D eigenvalue weighted by atomic mass is 9.70. The first-order chi connectivity index (χ1) is 24.8. The van der Waals surface area contributed by atoms with E-state index in [1.165, 1.54) is 44.5 Å². The van der Waals surface area contributed by atoms with Gasteiger partial charge in [-0.15, -0.1) is 0 Å². The number of nitrogens with zero attached hydrogens (tertiary/aromatic N) is 3. The summed E-state index contributed by atoms with van der Waals surface area (Å²) in [5.74, 6) is 1.82. The fraction of sp³-hybridized carbons (Fsp3) is 0.0217. The van der Waals surface area contributed by atoms with Crippen molar-refractivity contribution in [2.75, 3.05) is 0 Å². The van der Waals surface area contributed by atoms with Gasteiger partial charge in [0.05, 0.1) is 11.0 Å². The molecule has 0 bridgehead atoms. The van der Waals surface area contributed by atoms with Gasteiger partial charge in [0.1, 0.15) is 11.2 Å². The maximum absolute atomic E-state index is 6.86. The fourth-order valence-corrected chi connectivity index (χ4v) is 8.56. The largest absolute Gasteiger partial charge is 0.455 e. The van der Waals surface area contributed by atoms with Crippen molar-refractivity contribution in [2.24, 2.45) is 0 Å². The van der Waals surface area contributed by atoms with Gasteiger partial charge in [-0.05, 0) is 56.6 Å². The van der Waals surface area contributed by atoms with Crippen LogP contribution in [-0.2, 0) is 5.41 Å². The number of para-hydroxylation sites is 1. The Kier molecular flexibility index (Phi) is 5.56. The van der Waals surface area contributed by atoms with Crippen LogP contribution in [-0.4, -0.2) is 15.0 Å². The molecule has 0 fully saturated rings. The van der Waals surface area contributed by atoms with Gasteiger partial charge in [-0.1, -0.05) is 152 Å². The quantitative estimate of drug-likeness (QED) is 0.193. The lowest BCUT2D eigenvalue weighted by Gasteiger charge is -2.30. The van der Waals surface area contributed by atoms with Crippen molar-refractivity contribution in [1.82, 2.24) is 15.0 Å². The highest BCUT2D eigenvalue weighted by Crippen LogP contribution is 2.64. The second kappa shape index (κ2) is 10.2. The third kappa shape index (κ3) is 3.57. The summed E-state index contributed by atoms with van der Waals surface area (Å²) in [7, 11) is 0. The molecule has 2 aliphatic rings. The van der Waals surface area contributed by atoms with Gasteiger partial charge in [-0.2, -0.15) is 0 Å². The average Bonchev–Trinajstić information content (AvgIpc) is 3.82. The molecule has 232 valence electrons. The molecule has 4 heteroatoms. The Hall–Kier alpha value is -6.65. The minimum absolute atomic E-state index is 0.530. The van der Waals surface area contributed by atoms with Crippen LogP contribution < -0.4 is 0 Å². The highest BCUT2D eigenvalue weighted by molar-refractivity contribution is 6.19. The molecule has 0 unspecified atom stereocenters. The van der Waals surface area contributed by atoms with Crippen LogP contribution in [0.25, 0.3) is 78.4 Å². The monoisotopic (exact) mass is 637 g/mol. The molecule has 4 nitrogen and oxygen atoms in total. The summed E-state index contributed by atoms with van der Waals surface area (Å²) in [6, 6.07) is 57.7. The van der Waals surface area contributed by atoms with Crippen molar-refractivity contribution in [1.29, 1.82) is 0 Å². The number of rotatable bonds is 3. The Morgan fingerprint density at radius 3 is 1.50 bits per heavy atom. The van der Waals surface area contributed by atoms with Crippen LogP contribution in [0.4, 0.5) is 0 Å². The van der Waals surface area contributed by atoms with Crippen LogP contribution >= 0.6 is 0 Å². The second-order valence-corrected chi connectivity index (χ2v) is 13.1. The molecule has 0 N–H and O–H groups in total. The topological polar surface area (TPSA) is 51.8 Å². The Morgan fingerprint density at radius 2 is 0.880 bits per heavy atom. The number of fused-ring (bicyclic) bond motifs is 14. The van der Waals surface area contributed by atoms with Gasteiger partial charge < -0.3 is 4.42 Å². The molecular formula is C46H27N3O. The first kappa shape index (κ1) is 27.3. The highest BCUT2D eigenvalue weighted by Gasteiger charge is 2.52. The number of furan rings is 1.